The van der Waals surface area contributed by atoms with Crippen molar-refractivity contribution in [3.05, 3.63) is 95.4 Å². The van der Waals surface area contributed by atoms with Crippen LogP contribution in [0.15, 0.2) is 84.3 Å². The number of nitrogens with one attached hydrogen (secondary N) is 1. The Bertz CT molecular complexity index is 1430. The molecule has 0 amide bonds. The van der Waals surface area contributed by atoms with E-state index in [1.165, 1.54) is 0 Å². The monoisotopic (exact) mass is 442 g/mol. The quantitative estimate of drug-likeness (QED) is 0.403. The molecular weight excluding hydrogens is 416 g/mol. The van der Waals surface area contributed by atoms with Gasteiger partial charge in [-0.05, 0) is 36.8 Å². The summed E-state index contributed by atoms with van der Waals surface area (Å²) < 4.78 is 7.45. The van der Waals surface area contributed by atoms with Crippen LogP contribution in [0, 0.1) is 0 Å². The first-order chi connectivity index (χ1) is 16.1. The van der Waals surface area contributed by atoms with Gasteiger partial charge in [-0.25, -0.2) is 4.98 Å². The fourth-order valence-corrected chi connectivity index (χ4v) is 4.26. The minimum Gasteiger partial charge on any atom is -0.394 e. The lowest BCUT2D eigenvalue weighted by Crippen LogP contribution is -2.24. The fraction of sp³-hybridized carbons (Fsp3) is 0.200. The number of benzene rings is 2. The highest BCUT2D eigenvalue weighted by molar-refractivity contribution is 5.93. The number of fused-ring (bicyclic) bond motifs is 1. The normalized spacial score (nSPS) is 12.3. The van der Waals surface area contributed by atoms with Gasteiger partial charge in [0.1, 0.15) is 11.2 Å². The molecular formula is C25H26N6O2. The van der Waals surface area contributed by atoms with Gasteiger partial charge in [-0.3, -0.25) is 14.2 Å². The summed E-state index contributed by atoms with van der Waals surface area (Å²) in [5.41, 5.74) is 3.73. The maximum atomic E-state index is 13.2. The van der Waals surface area contributed by atoms with E-state index in [0.717, 1.165) is 28.3 Å². The maximum absolute atomic E-state index is 13.2. The molecule has 5 aromatic rings. The summed E-state index contributed by atoms with van der Waals surface area (Å²) in [6.07, 6.45) is 7.42. The molecule has 0 saturated carbocycles. The predicted molar refractivity (Wildman–Crippen MR) is 129 cm³/mol. The average Bonchev–Trinajstić information content (AvgIpc) is 3.54. The van der Waals surface area contributed by atoms with E-state index in [1.54, 1.807) is 24.3 Å². The van der Waals surface area contributed by atoms with E-state index in [2.05, 4.69) is 39.1 Å². The number of aliphatic hydroxyl groups excluding tert-OH is 1. The molecule has 1 atom stereocenters. The SMILES string of the molecule is CC(CO)n1c2cn(Cc3ccc(-n4ccnc4)cc3)c(Nc3ccccc3)c2c(=O)n1C. The number of aromatic nitrogens is 5. The van der Waals surface area contributed by atoms with E-state index in [9.17, 15) is 9.90 Å². The second-order valence-corrected chi connectivity index (χ2v) is 8.20. The van der Waals surface area contributed by atoms with Crippen LogP contribution in [-0.2, 0) is 13.6 Å². The summed E-state index contributed by atoms with van der Waals surface area (Å²) in [5.74, 6) is 0.736. The Labute approximate surface area is 190 Å². The molecule has 5 rings (SSSR count). The van der Waals surface area contributed by atoms with Gasteiger partial charge in [-0.1, -0.05) is 30.3 Å². The molecule has 0 fully saturated rings. The number of hydrogen-bond donors (Lipinski definition) is 2. The summed E-state index contributed by atoms with van der Waals surface area (Å²) >= 11 is 0. The Hall–Kier alpha value is -4.04. The molecule has 0 aliphatic rings. The van der Waals surface area contributed by atoms with Crippen molar-refractivity contribution >= 4 is 22.4 Å². The number of para-hydroxylation sites is 1. The van der Waals surface area contributed by atoms with Gasteiger partial charge in [0.2, 0.25) is 0 Å². The van der Waals surface area contributed by atoms with Gasteiger partial charge < -0.3 is 19.6 Å². The van der Waals surface area contributed by atoms with Crippen molar-refractivity contribution in [2.24, 2.45) is 7.05 Å². The zero-order valence-electron chi connectivity index (χ0n) is 18.6. The lowest BCUT2D eigenvalue weighted by atomic mass is 10.2. The van der Waals surface area contributed by atoms with Gasteiger partial charge in [-0.2, -0.15) is 0 Å². The molecule has 0 radical (unpaired) electrons. The minimum atomic E-state index is -0.227. The average molecular weight is 443 g/mol. The Morgan fingerprint density at radius 3 is 2.52 bits per heavy atom. The summed E-state index contributed by atoms with van der Waals surface area (Å²) in [6, 6.07) is 17.9. The summed E-state index contributed by atoms with van der Waals surface area (Å²) in [6.45, 7) is 2.43. The highest BCUT2D eigenvalue weighted by Crippen LogP contribution is 2.29. The molecule has 0 aliphatic carbocycles. The zero-order valence-corrected chi connectivity index (χ0v) is 18.6. The molecule has 0 spiro atoms. The van der Waals surface area contributed by atoms with Crippen LogP contribution in [0.3, 0.4) is 0 Å². The van der Waals surface area contributed by atoms with Crippen molar-refractivity contribution in [2.45, 2.75) is 19.5 Å². The summed E-state index contributed by atoms with van der Waals surface area (Å²) in [7, 11) is 1.74. The Morgan fingerprint density at radius 2 is 1.85 bits per heavy atom. The topological polar surface area (TPSA) is 81.9 Å². The molecule has 3 aromatic heterocycles. The molecule has 2 aromatic carbocycles. The van der Waals surface area contributed by atoms with Gasteiger partial charge in [0.25, 0.3) is 5.56 Å². The van der Waals surface area contributed by atoms with E-state index in [1.807, 2.05) is 58.9 Å². The molecule has 33 heavy (non-hydrogen) atoms. The second-order valence-electron chi connectivity index (χ2n) is 8.20. The molecule has 2 N–H and O–H groups in total. The van der Waals surface area contributed by atoms with E-state index in [4.69, 9.17) is 0 Å². The highest BCUT2D eigenvalue weighted by atomic mass is 16.3. The van der Waals surface area contributed by atoms with Gasteiger partial charge in [0, 0.05) is 43.6 Å². The number of imidazole rings is 1. The lowest BCUT2D eigenvalue weighted by molar-refractivity contribution is 0.222. The number of nitrogens with zero attached hydrogens (tertiary/aromatic N) is 5. The number of hydrogen-bond acceptors (Lipinski definition) is 4. The number of rotatable bonds is 7. The molecule has 8 nitrogen and oxygen atoms in total. The van der Waals surface area contributed by atoms with E-state index >= 15 is 0 Å². The van der Waals surface area contributed by atoms with Crippen LogP contribution in [-0.4, -0.2) is 35.2 Å². The van der Waals surface area contributed by atoms with Crippen LogP contribution in [0.5, 0.6) is 0 Å². The fourth-order valence-electron chi connectivity index (χ4n) is 4.26. The molecule has 3 heterocycles. The van der Waals surface area contributed by atoms with Crippen LogP contribution in [0.1, 0.15) is 18.5 Å². The molecule has 0 saturated heterocycles. The van der Waals surface area contributed by atoms with Crippen LogP contribution in [0.25, 0.3) is 16.6 Å². The summed E-state index contributed by atoms with van der Waals surface area (Å²) in [4.78, 5) is 17.3. The first kappa shape index (κ1) is 20.8. The van der Waals surface area contributed by atoms with Gasteiger partial charge in [0.05, 0.1) is 24.5 Å². The standard InChI is InChI=1S/C25H26N6O2/c1-18(16-32)31-22-15-30(14-19-8-10-21(11-9-19)29-13-12-26-17-29)24(23(22)25(33)28(31)2)27-20-6-4-3-5-7-20/h3-13,15,17-18,27,32H,14,16H2,1-2H3. The van der Waals surface area contributed by atoms with Crippen LogP contribution in [0.4, 0.5) is 11.5 Å². The Kier molecular flexibility index (Phi) is 5.35. The van der Waals surface area contributed by atoms with Crippen LogP contribution >= 0.6 is 0 Å². The molecule has 168 valence electrons. The first-order valence-electron chi connectivity index (χ1n) is 10.9. The third-order valence-corrected chi connectivity index (χ3v) is 5.95. The predicted octanol–water partition coefficient (Wildman–Crippen LogP) is 3.67. The zero-order chi connectivity index (χ0) is 22.9. The summed E-state index contributed by atoms with van der Waals surface area (Å²) in [5, 5.41) is 13.8. The maximum Gasteiger partial charge on any atom is 0.278 e. The van der Waals surface area contributed by atoms with Crippen molar-refractivity contribution in [1.29, 1.82) is 0 Å². The molecule has 0 aliphatic heterocycles. The highest BCUT2D eigenvalue weighted by Gasteiger charge is 2.22. The van der Waals surface area contributed by atoms with Crippen molar-refractivity contribution in [3.8, 4) is 5.69 Å². The van der Waals surface area contributed by atoms with Crippen molar-refractivity contribution in [2.75, 3.05) is 11.9 Å². The van der Waals surface area contributed by atoms with E-state index < -0.39 is 0 Å². The number of aliphatic hydroxyl groups is 1. The van der Waals surface area contributed by atoms with Crippen LogP contribution < -0.4 is 10.9 Å². The Morgan fingerprint density at radius 1 is 1.09 bits per heavy atom. The van der Waals surface area contributed by atoms with Crippen molar-refractivity contribution in [3.63, 3.8) is 0 Å². The third-order valence-electron chi connectivity index (χ3n) is 5.95. The molecule has 0 bridgehead atoms. The van der Waals surface area contributed by atoms with E-state index in [-0.39, 0.29) is 18.2 Å². The minimum absolute atomic E-state index is 0.0562. The van der Waals surface area contributed by atoms with Gasteiger partial charge in [0.15, 0.2) is 0 Å². The molecule has 8 heteroatoms. The third kappa shape index (κ3) is 3.74. The lowest BCUT2D eigenvalue weighted by Gasteiger charge is -2.15. The smallest absolute Gasteiger partial charge is 0.278 e. The largest absolute Gasteiger partial charge is 0.394 e. The Balaban J connectivity index is 1.59. The van der Waals surface area contributed by atoms with Gasteiger partial charge >= 0.3 is 0 Å². The second kappa shape index (κ2) is 8.48. The van der Waals surface area contributed by atoms with Crippen molar-refractivity contribution in [1.82, 2.24) is 23.5 Å². The van der Waals surface area contributed by atoms with Crippen molar-refractivity contribution < 1.29 is 5.11 Å². The van der Waals surface area contributed by atoms with Gasteiger partial charge in [-0.15, -0.1) is 0 Å². The van der Waals surface area contributed by atoms with Crippen LogP contribution in [0.2, 0.25) is 0 Å². The first-order valence-corrected chi connectivity index (χ1v) is 10.9. The number of anilines is 2. The molecule has 1 unspecified atom stereocenters. The van der Waals surface area contributed by atoms with E-state index in [0.29, 0.717) is 11.9 Å².